The van der Waals surface area contributed by atoms with E-state index in [1.807, 2.05) is 31.2 Å². The van der Waals surface area contributed by atoms with Gasteiger partial charge in [-0.2, -0.15) is 0 Å². The molecule has 3 N–H and O–H groups in total. The molecule has 82 valence electrons. The smallest absolute Gasteiger partial charge is 0.218 e. The Kier molecular flexibility index (Phi) is 4.78. The number of halogens is 1. The molecule has 0 heterocycles. The van der Waals surface area contributed by atoms with Gasteiger partial charge in [0.1, 0.15) is 0 Å². The molecule has 0 aliphatic rings. The highest BCUT2D eigenvalue weighted by atomic mass is 79.9. The zero-order valence-corrected chi connectivity index (χ0v) is 10.3. The van der Waals surface area contributed by atoms with Gasteiger partial charge < -0.3 is 11.1 Å². The Morgan fingerprint density at radius 3 is 2.93 bits per heavy atom. The molecule has 0 aliphatic carbocycles. The molecule has 1 rings (SSSR count). The summed E-state index contributed by atoms with van der Waals surface area (Å²) in [5.41, 5.74) is 6.28. The van der Waals surface area contributed by atoms with Crippen molar-refractivity contribution in [2.45, 2.75) is 25.9 Å². The third-order valence-electron chi connectivity index (χ3n) is 2.05. The van der Waals surface area contributed by atoms with E-state index in [9.17, 15) is 4.79 Å². The minimum atomic E-state index is -0.274. The molecule has 15 heavy (non-hydrogen) atoms. The van der Waals surface area contributed by atoms with Crippen LogP contribution in [0.2, 0.25) is 0 Å². The maximum atomic E-state index is 10.6. The van der Waals surface area contributed by atoms with Crippen molar-refractivity contribution in [2.24, 2.45) is 5.73 Å². The number of primary amides is 1. The SMILES string of the molecule is CC(CC(N)=O)NCc1cccc(Br)c1. The number of carbonyl (C=O) groups is 1. The third kappa shape index (κ3) is 4.95. The predicted octanol–water partition coefficient (Wildman–Crippen LogP) is 1.80. The van der Waals surface area contributed by atoms with Gasteiger partial charge in [-0.25, -0.2) is 0 Å². The summed E-state index contributed by atoms with van der Waals surface area (Å²) < 4.78 is 1.06. The largest absolute Gasteiger partial charge is 0.370 e. The van der Waals surface area contributed by atoms with Crippen LogP contribution >= 0.6 is 15.9 Å². The number of hydrogen-bond donors (Lipinski definition) is 2. The first-order valence-electron chi connectivity index (χ1n) is 4.84. The van der Waals surface area contributed by atoms with Crippen LogP contribution in [0.5, 0.6) is 0 Å². The summed E-state index contributed by atoms with van der Waals surface area (Å²) in [7, 11) is 0. The van der Waals surface area contributed by atoms with Gasteiger partial charge in [-0.1, -0.05) is 28.1 Å². The maximum absolute atomic E-state index is 10.6. The fourth-order valence-corrected chi connectivity index (χ4v) is 1.76. The first kappa shape index (κ1) is 12.2. The van der Waals surface area contributed by atoms with Crippen molar-refractivity contribution in [2.75, 3.05) is 0 Å². The molecule has 0 spiro atoms. The van der Waals surface area contributed by atoms with Gasteiger partial charge in [-0.05, 0) is 24.6 Å². The summed E-state index contributed by atoms with van der Waals surface area (Å²) in [4.78, 5) is 10.6. The van der Waals surface area contributed by atoms with Crippen LogP contribution in [0.25, 0.3) is 0 Å². The van der Waals surface area contributed by atoms with Crippen LogP contribution in [-0.4, -0.2) is 11.9 Å². The number of nitrogens with one attached hydrogen (secondary N) is 1. The van der Waals surface area contributed by atoms with Crippen molar-refractivity contribution in [1.29, 1.82) is 0 Å². The number of amides is 1. The highest BCUT2D eigenvalue weighted by Crippen LogP contribution is 2.11. The highest BCUT2D eigenvalue weighted by molar-refractivity contribution is 9.10. The number of rotatable bonds is 5. The molecule has 0 aromatic heterocycles. The monoisotopic (exact) mass is 270 g/mol. The van der Waals surface area contributed by atoms with E-state index >= 15 is 0 Å². The van der Waals surface area contributed by atoms with Crippen LogP contribution in [0, 0.1) is 0 Å². The summed E-state index contributed by atoms with van der Waals surface area (Å²) in [6.45, 7) is 2.69. The van der Waals surface area contributed by atoms with E-state index in [4.69, 9.17) is 5.73 Å². The molecular formula is C11H15BrN2O. The van der Waals surface area contributed by atoms with E-state index in [0.717, 1.165) is 11.0 Å². The molecule has 1 atom stereocenters. The molecule has 0 aliphatic heterocycles. The van der Waals surface area contributed by atoms with E-state index in [1.54, 1.807) is 0 Å². The number of nitrogens with two attached hydrogens (primary N) is 1. The lowest BCUT2D eigenvalue weighted by Crippen LogP contribution is -2.30. The number of benzene rings is 1. The average molecular weight is 271 g/mol. The first-order chi connectivity index (χ1) is 7.08. The summed E-state index contributed by atoms with van der Waals surface area (Å²) in [6.07, 6.45) is 0.369. The molecule has 1 aromatic rings. The molecule has 0 saturated carbocycles. The summed E-state index contributed by atoms with van der Waals surface area (Å²) in [6, 6.07) is 8.16. The first-order valence-corrected chi connectivity index (χ1v) is 5.63. The van der Waals surface area contributed by atoms with Gasteiger partial charge in [-0.15, -0.1) is 0 Å². The number of hydrogen-bond acceptors (Lipinski definition) is 2. The van der Waals surface area contributed by atoms with E-state index in [0.29, 0.717) is 6.42 Å². The van der Waals surface area contributed by atoms with Crippen molar-refractivity contribution in [3.8, 4) is 0 Å². The van der Waals surface area contributed by atoms with Crippen LogP contribution in [0.15, 0.2) is 28.7 Å². The Morgan fingerprint density at radius 1 is 1.60 bits per heavy atom. The van der Waals surface area contributed by atoms with Crippen molar-refractivity contribution in [1.82, 2.24) is 5.32 Å². The van der Waals surface area contributed by atoms with Crippen molar-refractivity contribution < 1.29 is 4.79 Å². The molecule has 0 saturated heterocycles. The lowest BCUT2D eigenvalue weighted by molar-refractivity contribution is -0.118. The zero-order chi connectivity index (χ0) is 11.3. The molecule has 0 radical (unpaired) electrons. The van der Waals surface area contributed by atoms with Crippen LogP contribution in [-0.2, 0) is 11.3 Å². The standard InChI is InChI=1S/C11H15BrN2O/c1-8(5-11(13)15)14-7-9-3-2-4-10(12)6-9/h2-4,6,8,14H,5,7H2,1H3,(H2,13,15). The quantitative estimate of drug-likeness (QED) is 0.858. The molecule has 1 aromatic carbocycles. The third-order valence-corrected chi connectivity index (χ3v) is 2.54. The second kappa shape index (κ2) is 5.88. The van der Waals surface area contributed by atoms with Gasteiger partial charge in [0, 0.05) is 23.5 Å². The Labute approximate surface area is 98.2 Å². The van der Waals surface area contributed by atoms with Gasteiger partial charge in [0.25, 0.3) is 0 Å². The molecule has 0 fully saturated rings. The van der Waals surface area contributed by atoms with E-state index in [-0.39, 0.29) is 11.9 Å². The molecular weight excluding hydrogens is 256 g/mol. The minimum Gasteiger partial charge on any atom is -0.370 e. The Balaban J connectivity index is 2.40. The van der Waals surface area contributed by atoms with Gasteiger partial charge in [0.2, 0.25) is 5.91 Å². The molecule has 0 bridgehead atoms. The second-order valence-corrected chi connectivity index (χ2v) is 4.50. The van der Waals surface area contributed by atoms with Crippen LogP contribution in [0.4, 0.5) is 0 Å². The van der Waals surface area contributed by atoms with Crippen LogP contribution in [0.3, 0.4) is 0 Å². The molecule has 4 heteroatoms. The predicted molar refractivity (Wildman–Crippen MR) is 64.3 cm³/mol. The second-order valence-electron chi connectivity index (χ2n) is 3.58. The van der Waals surface area contributed by atoms with Gasteiger partial charge in [0.05, 0.1) is 0 Å². The number of carbonyl (C=O) groups excluding carboxylic acids is 1. The molecule has 1 unspecified atom stereocenters. The topological polar surface area (TPSA) is 55.1 Å². The Hall–Kier alpha value is -0.870. The maximum Gasteiger partial charge on any atom is 0.218 e. The zero-order valence-electron chi connectivity index (χ0n) is 8.66. The normalized spacial score (nSPS) is 12.4. The minimum absolute atomic E-state index is 0.112. The van der Waals surface area contributed by atoms with Gasteiger partial charge >= 0.3 is 0 Å². The molecule has 1 amide bonds. The van der Waals surface area contributed by atoms with E-state index in [2.05, 4.69) is 21.2 Å². The van der Waals surface area contributed by atoms with E-state index < -0.39 is 0 Å². The summed E-state index contributed by atoms with van der Waals surface area (Å²) >= 11 is 3.41. The Bertz CT molecular complexity index is 341. The van der Waals surface area contributed by atoms with E-state index in [1.165, 1.54) is 5.56 Å². The van der Waals surface area contributed by atoms with Crippen LogP contribution < -0.4 is 11.1 Å². The average Bonchev–Trinajstić information content (AvgIpc) is 2.14. The summed E-state index contributed by atoms with van der Waals surface area (Å²) in [5, 5.41) is 3.24. The summed E-state index contributed by atoms with van der Waals surface area (Å²) in [5.74, 6) is -0.274. The molecule has 3 nitrogen and oxygen atoms in total. The fraction of sp³-hybridized carbons (Fsp3) is 0.364. The van der Waals surface area contributed by atoms with Gasteiger partial charge in [0.15, 0.2) is 0 Å². The van der Waals surface area contributed by atoms with Crippen molar-refractivity contribution in [3.05, 3.63) is 34.3 Å². The Morgan fingerprint density at radius 2 is 2.33 bits per heavy atom. The van der Waals surface area contributed by atoms with Crippen molar-refractivity contribution in [3.63, 3.8) is 0 Å². The fourth-order valence-electron chi connectivity index (χ4n) is 1.31. The lowest BCUT2D eigenvalue weighted by atomic mass is 10.2. The van der Waals surface area contributed by atoms with Gasteiger partial charge in [-0.3, -0.25) is 4.79 Å². The van der Waals surface area contributed by atoms with Crippen LogP contribution in [0.1, 0.15) is 18.9 Å². The lowest BCUT2D eigenvalue weighted by Gasteiger charge is -2.11. The van der Waals surface area contributed by atoms with Crippen molar-refractivity contribution >= 4 is 21.8 Å². The highest BCUT2D eigenvalue weighted by Gasteiger charge is 2.04.